The number of amides is 2. The SMILES string of the molecule is CCN(CC)C(=O)[C@@H](C)[C@H]1CC[C@@]2(C)Cc3sc(NC(=O)c4cccs4)nc3[C@@H](C)[C@@H]2[C@H]1O. The van der Waals surface area contributed by atoms with Crippen molar-refractivity contribution in [2.45, 2.75) is 65.9 Å². The second-order valence-corrected chi connectivity index (χ2v) is 11.9. The van der Waals surface area contributed by atoms with E-state index in [1.807, 2.05) is 43.2 Å². The number of anilines is 1. The highest BCUT2D eigenvalue weighted by molar-refractivity contribution is 7.16. The summed E-state index contributed by atoms with van der Waals surface area (Å²) in [5.74, 6) is -0.124. The molecule has 6 nitrogen and oxygen atoms in total. The van der Waals surface area contributed by atoms with Crippen LogP contribution in [0.15, 0.2) is 17.5 Å². The lowest BCUT2D eigenvalue weighted by atomic mass is 9.53. The molecule has 0 aromatic carbocycles. The Hall–Kier alpha value is -1.77. The molecule has 0 bridgehead atoms. The topological polar surface area (TPSA) is 82.5 Å². The van der Waals surface area contributed by atoms with Crippen molar-refractivity contribution >= 4 is 39.6 Å². The number of thiazole rings is 1. The smallest absolute Gasteiger partial charge is 0.267 e. The number of aliphatic hydroxyl groups is 1. The van der Waals surface area contributed by atoms with Crippen molar-refractivity contribution in [3.8, 4) is 0 Å². The lowest BCUT2D eigenvalue weighted by Gasteiger charge is -2.53. The Morgan fingerprint density at radius 2 is 2.09 bits per heavy atom. The molecule has 2 aromatic rings. The Morgan fingerprint density at radius 1 is 1.36 bits per heavy atom. The van der Waals surface area contributed by atoms with Gasteiger partial charge in [-0.05, 0) is 61.8 Å². The summed E-state index contributed by atoms with van der Waals surface area (Å²) in [6, 6.07) is 3.67. The van der Waals surface area contributed by atoms with Gasteiger partial charge in [-0.3, -0.25) is 14.9 Å². The summed E-state index contributed by atoms with van der Waals surface area (Å²) < 4.78 is 0. The molecule has 0 saturated heterocycles. The molecule has 2 N–H and O–H groups in total. The molecule has 4 rings (SSSR count). The van der Waals surface area contributed by atoms with Crippen LogP contribution in [0.5, 0.6) is 0 Å². The molecule has 6 atom stereocenters. The summed E-state index contributed by atoms with van der Waals surface area (Å²) in [5.41, 5.74) is 0.952. The van der Waals surface area contributed by atoms with Gasteiger partial charge in [-0.1, -0.05) is 26.8 Å². The molecule has 33 heavy (non-hydrogen) atoms. The molecule has 0 aliphatic heterocycles. The Labute approximate surface area is 204 Å². The zero-order chi connectivity index (χ0) is 23.9. The van der Waals surface area contributed by atoms with Crippen LogP contribution in [-0.4, -0.2) is 46.0 Å². The quantitative estimate of drug-likeness (QED) is 0.597. The fraction of sp³-hybridized carbons (Fsp3) is 0.640. The van der Waals surface area contributed by atoms with Crippen molar-refractivity contribution in [3.63, 3.8) is 0 Å². The van der Waals surface area contributed by atoms with Crippen molar-refractivity contribution < 1.29 is 14.7 Å². The fourth-order valence-electron chi connectivity index (χ4n) is 6.17. The lowest BCUT2D eigenvalue weighted by molar-refractivity contribution is -0.144. The molecule has 180 valence electrons. The van der Waals surface area contributed by atoms with Crippen molar-refractivity contribution in [1.82, 2.24) is 9.88 Å². The van der Waals surface area contributed by atoms with Gasteiger partial charge in [0.05, 0.1) is 16.7 Å². The Kier molecular flexibility index (Phi) is 6.99. The molecule has 2 aliphatic carbocycles. The highest BCUT2D eigenvalue weighted by Gasteiger charge is 2.54. The molecule has 1 saturated carbocycles. The number of nitrogens with one attached hydrogen (secondary N) is 1. The third-order valence-electron chi connectivity index (χ3n) is 7.99. The number of thiophene rings is 1. The van der Waals surface area contributed by atoms with Gasteiger partial charge in [0.2, 0.25) is 5.91 Å². The number of carbonyl (C=O) groups excluding carboxylic acids is 2. The van der Waals surface area contributed by atoms with Gasteiger partial charge in [-0.2, -0.15) is 0 Å². The van der Waals surface area contributed by atoms with Crippen molar-refractivity contribution in [2.75, 3.05) is 18.4 Å². The van der Waals surface area contributed by atoms with Crippen LogP contribution in [0.25, 0.3) is 0 Å². The van der Waals surface area contributed by atoms with Gasteiger partial charge in [0.25, 0.3) is 5.91 Å². The van der Waals surface area contributed by atoms with Crippen LogP contribution in [0.3, 0.4) is 0 Å². The van der Waals surface area contributed by atoms with E-state index in [0.29, 0.717) is 23.1 Å². The maximum atomic E-state index is 13.0. The molecule has 2 aliphatic rings. The van der Waals surface area contributed by atoms with Crippen LogP contribution in [0.4, 0.5) is 5.13 Å². The molecule has 2 heterocycles. The van der Waals surface area contributed by atoms with E-state index >= 15 is 0 Å². The average Bonchev–Trinajstić information content (AvgIpc) is 3.44. The van der Waals surface area contributed by atoms with E-state index in [-0.39, 0.29) is 40.9 Å². The highest BCUT2D eigenvalue weighted by atomic mass is 32.1. The summed E-state index contributed by atoms with van der Waals surface area (Å²) in [7, 11) is 0. The zero-order valence-corrected chi connectivity index (χ0v) is 21.8. The van der Waals surface area contributed by atoms with Crippen LogP contribution in [-0.2, 0) is 11.2 Å². The molecular weight excluding hydrogens is 454 g/mol. The lowest BCUT2D eigenvalue weighted by Crippen LogP contribution is -2.53. The van der Waals surface area contributed by atoms with E-state index in [0.717, 1.165) is 25.0 Å². The van der Waals surface area contributed by atoms with Gasteiger partial charge in [-0.15, -0.1) is 22.7 Å². The van der Waals surface area contributed by atoms with E-state index in [9.17, 15) is 14.7 Å². The van der Waals surface area contributed by atoms with Crippen molar-refractivity contribution in [2.24, 2.45) is 23.2 Å². The van der Waals surface area contributed by atoms with E-state index < -0.39 is 6.10 Å². The van der Waals surface area contributed by atoms with Crippen LogP contribution >= 0.6 is 22.7 Å². The van der Waals surface area contributed by atoms with E-state index in [2.05, 4.69) is 19.2 Å². The number of carbonyl (C=O) groups is 2. The standard InChI is InChI=1S/C25H35N3O3S2/c1-6-28(7-2)23(31)14(3)16-10-11-25(5)13-18-20(15(4)19(25)21(16)29)26-24(33-18)27-22(30)17-9-8-12-32-17/h8-9,12,14-16,19,21,29H,6-7,10-11,13H2,1-5H3,(H,26,27,30)/t14-,15-,16+,19+,21-,25-/m0/s1. The van der Waals surface area contributed by atoms with Gasteiger partial charge in [0.1, 0.15) is 0 Å². The summed E-state index contributed by atoms with van der Waals surface area (Å²) in [4.78, 5) is 34.1. The van der Waals surface area contributed by atoms with Gasteiger partial charge >= 0.3 is 0 Å². The number of nitrogens with zero attached hydrogens (tertiary/aromatic N) is 2. The first-order chi connectivity index (χ1) is 15.7. The first-order valence-electron chi connectivity index (χ1n) is 12.0. The number of hydrogen-bond donors (Lipinski definition) is 2. The molecule has 2 amide bonds. The average molecular weight is 490 g/mol. The third-order valence-corrected chi connectivity index (χ3v) is 9.85. The van der Waals surface area contributed by atoms with Crippen LogP contribution < -0.4 is 5.32 Å². The second kappa shape index (κ2) is 9.47. The van der Waals surface area contributed by atoms with Gasteiger partial charge in [0, 0.05) is 29.8 Å². The summed E-state index contributed by atoms with van der Waals surface area (Å²) >= 11 is 2.97. The van der Waals surface area contributed by atoms with Crippen LogP contribution in [0.2, 0.25) is 0 Å². The van der Waals surface area contributed by atoms with E-state index in [1.54, 1.807) is 11.3 Å². The minimum Gasteiger partial charge on any atom is -0.392 e. The summed E-state index contributed by atoms with van der Waals surface area (Å²) in [5, 5.41) is 17.1. The van der Waals surface area contributed by atoms with Crippen LogP contribution in [0, 0.1) is 23.2 Å². The molecule has 0 unspecified atom stereocenters. The monoisotopic (exact) mass is 489 g/mol. The van der Waals surface area contributed by atoms with Gasteiger partial charge in [-0.25, -0.2) is 4.98 Å². The van der Waals surface area contributed by atoms with Gasteiger partial charge in [0.15, 0.2) is 5.13 Å². The third kappa shape index (κ3) is 4.37. The summed E-state index contributed by atoms with van der Waals surface area (Å²) in [6.45, 7) is 11.8. The Morgan fingerprint density at radius 3 is 2.73 bits per heavy atom. The van der Waals surface area contributed by atoms with Crippen LogP contribution in [0.1, 0.15) is 73.6 Å². The second-order valence-electron chi connectivity index (χ2n) is 9.90. The fourth-order valence-corrected chi connectivity index (χ4v) is 8.05. The van der Waals surface area contributed by atoms with Crippen molar-refractivity contribution in [3.05, 3.63) is 33.0 Å². The maximum Gasteiger partial charge on any atom is 0.267 e. The molecular formula is C25H35N3O3S2. The molecule has 0 spiro atoms. The van der Waals surface area contributed by atoms with E-state index in [1.165, 1.54) is 16.2 Å². The highest BCUT2D eigenvalue weighted by Crippen LogP contribution is 2.57. The van der Waals surface area contributed by atoms with Crippen molar-refractivity contribution in [1.29, 1.82) is 0 Å². The minimum atomic E-state index is -0.549. The van der Waals surface area contributed by atoms with Gasteiger partial charge < -0.3 is 10.0 Å². The number of hydrogen-bond acceptors (Lipinski definition) is 6. The Bertz CT molecular complexity index is 1000. The number of fused-ring (bicyclic) bond motifs is 2. The maximum absolute atomic E-state index is 13.0. The number of aliphatic hydroxyl groups excluding tert-OH is 1. The molecule has 2 aromatic heterocycles. The molecule has 8 heteroatoms. The number of rotatable bonds is 6. The first kappa shape index (κ1) is 24.4. The minimum absolute atomic E-state index is 0.0398. The predicted octanol–water partition coefficient (Wildman–Crippen LogP) is 5.01. The first-order valence-corrected chi connectivity index (χ1v) is 13.7. The summed E-state index contributed by atoms with van der Waals surface area (Å²) in [6.07, 6.45) is 2.14. The Balaban J connectivity index is 1.56. The number of aromatic nitrogens is 1. The predicted molar refractivity (Wildman–Crippen MR) is 134 cm³/mol. The largest absolute Gasteiger partial charge is 0.392 e. The molecule has 0 radical (unpaired) electrons. The molecule has 1 fully saturated rings. The normalized spacial score (nSPS) is 29.6. The van der Waals surface area contributed by atoms with E-state index in [4.69, 9.17) is 4.98 Å². The zero-order valence-electron chi connectivity index (χ0n) is 20.1.